The molecule has 0 saturated carbocycles. The summed E-state index contributed by atoms with van der Waals surface area (Å²) in [4.78, 5) is 28.7. The lowest BCUT2D eigenvalue weighted by Gasteiger charge is -2.35. The Morgan fingerprint density at radius 3 is 2.30 bits per heavy atom. The first-order chi connectivity index (χ1) is 15.8. The van der Waals surface area contributed by atoms with Crippen LogP contribution in [0, 0.1) is 0 Å². The highest BCUT2D eigenvalue weighted by Gasteiger charge is 2.35. The van der Waals surface area contributed by atoms with Crippen LogP contribution in [0.3, 0.4) is 0 Å². The summed E-state index contributed by atoms with van der Waals surface area (Å²) in [5.41, 5.74) is 1.12. The van der Waals surface area contributed by atoms with Gasteiger partial charge in [-0.3, -0.25) is 4.90 Å². The molecule has 0 fully saturated rings. The van der Waals surface area contributed by atoms with E-state index in [1.807, 2.05) is 0 Å². The lowest BCUT2D eigenvalue weighted by atomic mass is 10.2. The number of rotatable bonds is 6. The fourth-order valence-corrected chi connectivity index (χ4v) is 3.21. The van der Waals surface area contributed by atoms with Crippen LogP contribution < -0.4 is 24.6 Å². The van der Waals surface area contributed by atoms with E-state index in [2.05, 4.69) is 20.3 Å². The number of fused-ring (bicyclic) bond motifs is 1. The molecular formula is C21H19F3N6O3. The predicted octanol–water partition coefficient (Wildman–Crippen LogP) is 4.14. The average molecular weight is 460 g/mol. The largest absolute Gasteiger partial charge is 0.497 e. The van der Waals surface area contributed by atoms with Crippen molar-refractivity contribution in [3.05, 3.63) is 54.4 Å². The molecule has 2 aromatic heterocycles. The summed E-state index contributed by atoms with van der Waals surface area (Å²) in [7, 11) is 3.02. The summed E-state index contributed by atoms with van der Waals surface area (Å²) in [6.07, 6.45) is -1.63. The lowest BCUT2D eigenvalue weighted by Crippen LogP contribution is -2.46. The van der Waals surface area contributed by atoms with Crippen LogP contribution in [0.1, 0.15) is 5.56 Å². The molecule has 0 bridgehead atoms. The van der Waals surface area contributed by atoms with Gasteiger partial charge in [-0.25, -0.2) is 19.7 Å². The second-order valence-electron chi connectivity index (χ2n) is 6.97. The highest BCUT2D eigenvalue weighted by Crippen LogP contribution is 2.36. The molecule has 9 nitrogen and oxygen atoms in total. The Labute approximate surface area is 186 Å². The zero-order valence-electron chi connectivity index (χ0n) is 17.6. The SMILES string of the molecule is COc1ccc(N2Cc3cnc(NCC(F)(F)F)nc3N(c3ccc(OC)cn3)C2=O)cc1. The molecule has 1 aromatic carbocycles. The van der Waals surface area contributed by atoms with Gasteiger partial charge in [0.15, 0.2) is 5.82 Å². The van der Waals surface area contributed by atoms with Crippen LogP contribution in [0.2, 0.25) is 0 Å². The van der Waals surface area contributed by atoms with Gasteiger partial charge in [0.2, 0.25) is 5.95 Å². The molecule has 1 aliphatic rings. The Kier molecular flexibility index (Phi) is 5.90. The van der Waals surface area contributed by atoms with Gasteiger partial charge in [0, 0.05) is 17.4 Å². The molecule has 0 spiro atoms. The number of carbonyl (C=O) groups is 1. The molecule has 0 radical (unpaired) electrons. The van der Waals surface area contributed by atoms with E-state index in [0.29, 0.717) is 22.7 Å². The van der Waals surface area contributed by atoms with E-state index in [1.54, 1.807) is 36.4 Å². The normalized spacial score (nSPS) is 13.5. The smallest absolute Gasteiger partial charge is 0.405 e. The molecular weight excluding hydrogens is 441 g/mol. The van der Waals surface area contributed by atoms with E-state index in [4.69, 9.17) is 9.47 Å². The maximum Gasteiger partial charge on any atom is 0.405 e. The number of nitrogens with zero attached hydrogens (tertiary/aromatic N) is 5. The molecule has 0 unspecified atom stereocenters. The molecule has 3 aromatic rings. The van der Waals surface area contributed by atoms with Crippen LogP contribution in [-0.2, 0) is 6.54 Å². The number of halogens is 3. The number of anilines is 4. The summed E-state index contributed by atoms with van der Waals surface area (Å²) >= 11 is 0. The van der Waals surface area contributed by atoms with Gasteiger partial charge in [-0.1, -0.05) is 0 Å². The number of ether oxygens (including phenoxy) is 2. The van der Waals surface area contributed by atoms with E-state index < -0.39 is 18.8 Å². The molecule has 12 heteroatoms. The van der Waals surface area contributed by atoms with E-state index in [0.717, 1.165) is 0 Å². The summed E-state index contributed by atoms with van der Waals surface area (Å²) in [5, 5.41) is 2.14. The third kappa shape index (κ3) is 4.73. The lowest BCUT2D eigenvalue weighted by molar-refractivity contribution is -0.115. The number of hydrogen-bond donors (Lipinski definition) is 1. The first-order valence-electron chi connectivity index (χ1n) is 9.71. The van der Waals surface area contributed by atoms with E-state index in [1.165, 1.54) is 36.4 Å². The Balaban J connectivity index is 1.75. The minimum absolute atomic E-state index is 0.118. The van der Waals surface area contributed by atoms with Crippen LogP contribution in [0.5, 0.6) is 11.5 Å². The number of alkyl halides is 3. The van der Waals surface area contributed by atoms with Crippen LogP contribution in [0.15, 0.2) is 48.8 Å². The Bertz CT molecular complexity index is 1140. The number of carbonyl (C=O) groups excluding carboxylic acids is 1. The van der Waals surface area contributed by atoms with Crippen molar-refractivity contribution in [3.63, 3.8) is 0 Å². The van der Waals surface area contributed by atoms with Crippen molar-refractivity contribution >= 4 is 29.3 Å². The fraction of sp³-hybridized carbons (Fsp3) is 0.238. The van der Waals surface area contributed by atoms with Crippen molar-refractivity contribution in [2.45, 2.75) is 12.7 Å². The van der Waals surface area contributed by atoms with Gasteiger partial charge in [0.25, 0.3) is 0 Å². The molecule has 172 valence electrons. The average Bonchev–Trinajstić information content (AvgIpc) is 2.82. The molecule has 1 aliphatic heterocycles. The van der Waals surface area contributed by atoms with Crippen molar-refractivity contribution in [1.29, 1.82) is 0 Å². The zero-order valence-corrected chi connectivity index (χ0v) is 17.6. The van der Waals surface area contributed by atoms with Crippen molar-refractivity contribution in [2.75, 3.05) is 35.9 Å². The molecule has 2 amide bonds. The number of urea groups is 1. The summed E-state index contributed by atoms with van der Waals surface area (Å²) < 4.78 is 48.2. The van der Waals surface area contributed by atoms with Crippen LogP contribution in [0.4, 0.5) is 41.2 Å². The molecule has 0 saturated heterocycles. The topological polar surface area (TPSA) is 92.7 Å². The summed E-state index contributed by atoms with van der Waals surface area (Å²) in [5.74, 6) is 1.21. The molecule has 1 N–H and O–H groups in total. The molecule has 4 rings (SSSR count). The van der Waals surface area contributed by atoms with Crippen LogP contribution in [0.25, 0.3) is 0 Å². The summed E-state index contributed by atoms with van der Waals surface area (Å²) in [6.45, 7) is -1.19. The Morgan fingerprint density at radius 1 is 1.00 bits per heavy atom. The number of hydrogen-bond acceptors (Lipinski definition) is 7. The maximum absolute atomic E-state index is 13.5. The summed E-state index contributed by atoms with van der Waals surface area (Å²) in [6, 6.07) is 9.58. The van der Waals surface area contributed by atoms with Crippen molar-refractivity contribution < 1.29 is 27.4 Å². The second kappa shape index (κ2) is 8.81. The van der Waals surface area contributed by atoms with E-state index in [9.17, 15) is 18.0 Å². The van der Waals surface area contributed by atoms with Crippen molar-refractivity contribution in [3.8, 4) is 11.5 Å². The van der Waals surface area contributed by atoms with Crippen molar-refractivity contribution in [1.82, 2.24) is 15.0 Å². The predicted molar refractivity (Wildman–Crippen MR) is 114 cm³/mol. The third-order valence-electron chi connectivity index (χ3n) is 4.82. The van der Waals surface area contributed by atoms with Crippen LogP contribution >= 0.6 is 0 Å². The number of pyridine rings is 1. The van der Waals surface area contributed by atoms with Gasteiger partial charge in [0.1, 0.15) is 23.9 Å². The minimum atomic E-state index is -4.45. The van der Waals surface area contributed by atoms with Gasteiger partial charge >= 0.3 is 12.2 Å². The standard InChI is InChI=1S/C21H19F3N6O3/c1-32-15-5-3-14(4-6-15)29-11-13-9-26-19(27-12-21(22,23)24)28-18(13)30(20(29)31)17-8-7-16(33-2)10-25-17/h3-10H,11-12H2,1-2H3,(H,26,27,28). The zero-order chi connectivity index (χ0) is 23.6. The fourth-order valence-electron chi connectivity index (χ4n) is 3.21. The van der Waals surface area contributed by atoms with Gasteiger partial charge in [0.05, 0.1) is 27.0 Å². The first kappa shape index (κ1) is 22.1. The van der Waals surface area contributed by atoms with Gasteiger partial charge in [-0.05, 0) is 36.4 Å². The van der Waals surface area contributed by atoms with Crippen LogP contribution in [-0.4, -0.2) is 47.9 Å². The number of nitrogens with one attached hydrogen (secondary N) is 1. The molecule has 3 heterocycles. The number of aromatic nitrogens is 3. The van der Waals surface area contributed by atoms with Gasteiger partial charge in [-0.2, -0.15) is 18.2 Å². The van der Waals surface area contributed by atoms with E-state index >= 15 is 0 Å². The highest BCUT2D eigenvalue weighted by atomic mass is 19.4. The number of methoxy groups -OCH3 is 2. The number of benzene rings is 1. The first-order valence-corrected chi connectivity index (χ1v) is 9.71. The van der Waals surface area contributed by atoms with Gasteiger partial charge in [-0.15, -0.1) is 0 Å². The van der Waals surface area contributed by atoms with Crippen molar-refractivity contribution in [2.24, 2.45) is 0 Å². The molecule has 0 atom stereocenters. The minimum Gasteiger partial charge on any atom is -0.497 e. The second-order valence-corrected chi connectivity index (χ2v) is 6.97. The highest BCUT2D eigenvalue weighted by molar-refractivity contribution is 6.09. The van der Waals surface area contributed by atoms with Gasteiger partial charge < -0.3 is 14.8 Å². The Morgan fingerprint density at radius 2 is 1.70 bits per heavy atom. The monoisotopic (exact) mass is 460 g/mol. The number of amides is 2. The van der Waals surface area contributed by atoms with E-state index in [-0.39, 0.29) is 24.1 Å². The quantitative estimate of drug-likeness (QED) is 0.591. The Hall–Kier alpha value is -4.09. The maximum atomic E-state index is 13.5. The molecule has 33 heavy (non-hydrogen) atoms. The third-order valence-corrected chi connectivity index (χ3v) is 4.82. The molecule has 0 aliphatic carbocycles.